The third-order valence-corrected chi connectivity index (χ3v) is 4.92. The zero-order valence-electron chi connectivity index (χ0n) is 14.4. The first kappa shape index (κ1) is 23.0. The van der Waals surface area contributed by atoms with E-state index in [2.05, 4.69) is 31.1 Å². The van der Waals surface area contributed by atoms with Gasteiger partial charge in [-0.1, -0.05) is 28.1 Å². The molecule has 5 nitrogen and oxygen atoms in total. The summed E-state index contributed by atoms with van der Waals surface area (Å²) < 4.78 is 3.00. The van der Waals surface area contributed by atoms with Crippen LogP contribution in [0.5, 0.6) is 0 Å². The van der Waals surface area contributed by atoms with Crippen LogP contribution >= 0.6 is 40.7 Å². The summed E-state index contributed by atoms with van der Waals surface area (Å²) in [5.74, 6) is -0.0924. The second-order valence-electron chi connectivity index (χ2n) is 6.05. The molecule has 144 valence electrons. The maximum atomic E-state index is 12.1. The molecule has 1 aliphatic rings. The summed E-state index contributed by atoms with van der Waals surface area (Å²) in [4.78, 5) is 12.1. The lowest BCUT2D eigenvalue weighted by Crippen LogP contribution is -2.43. The Balaban J connectivity index is 0.00000169. The number of fused-ring (bicyclic) bond motifs is 1. The van der Waals surface area contributed by atoms with Gasteiger partial charge in [0.15, 0.2) is 0 Å². The van der Waals surface area contributed by atoms with Crippen LogP contribution in [-0.4, -0.2) is 41.3 Å². The van der Waals surface area contributed by atoms with E-state index in [-0.39, 0.29) is 42.9 Å². The Morgan fingerprint density at radius 1 is 1.46 bits per heavy atom. The summed E-state index contributed by atoms with van der Waals surface area (Å²) in [5.41, 5.74) is 1.68. The van der Waals surface area contributed by atoms with Crippen molar-refractivity contribution in [2.45, 2.75) is 31.5 Å². The number of hydrogen-bond donors (Lipinski definition) is 3. The number of nitrogens with one attached hydrogen (secondary N) is 2. The highest BCUT2D eigenvalue weighted by Gasteiger charge is 2.19. The van der Waals surface area contributed by atoms with E-state index in [0.717, 1.165) is 34.8 Å². The average molecular weight is 465 g/mol. The van der Waals surface area contributed by atoms with Crippen LogP contribution in [0, 0.1) is 0 Å². The van der Waals surface area contributed by atoms with Crippen molar-refractivity contribution in [3.8, 4) is 0 Å². The van der Waals surface area contributed by atoms with Crippen molar-refractivity contribution < 1.29 is 9.90 Å². The number of aromatic nitrogens is 1. The minimum atomic E-state index is -0.325. The van der Waals surface area contributed by atoms with Gasteiger partial charge in [-0.25, -0.2) is 0 Å². The molecule has 0 aliphatic carbocycles. The molecule has 1 fully saturated rings. The monoisotopic (exact) mass is 463 g/mol. The number of hydrogen-bond acceptors (Lipinski definition) is 3. The van der Waals surface area contributed by atoms with Crippen LogP contribution in [0.2, 0.25) is 0 Å². The summed E-state index contributed by atoms with van der Waals surface area (Å²) in [6.45, 7) is 1.59. The number of piperidine rings is 1. The minimum absolute atomic E-state index is 0. The SMILES string of the molecule is CNC(=O)c1cn(C/C=C/[C@H]2NCCC[C@@H]2O)c2ccc(Br)cc12.Cl.Cl. The van der Waals surface area contributed by atoms with E-state index in [0.29, 0.717) is 12.1 Å². The number of nitrogens with zero attached hydrogens (tertiary/aromatic N) is 1. The number of rotatable bonds is 4. The number of halogens is 3. The number of aliphatic hydroxyl groups is 1. The smallest absolute Gasteiger partial charge is 0.253 e. The van der Waals surface area contributed by atoms with Crippen molar-refractivity contribution in [1.29, 1.82) is 0 Å². The van der Waals surface area contributed by atoms with Crippen LogP contribution in [-0.2, 0) is 6.54 Å². The summed E-state index contributed by atoms with van der Waals surface area (Å²) >= 11 is 3.47. The largest absolute Gasteiger partial charge is 0.391 e. The Kier molecular flexibility index (Phi) is 9.13. The van der Waals surface area contributed by atoms with Gasteiger partial charge < -0.3 is 20.3 Å². The Hall–Kier alpha value is -1.05. The number of aliphatic hydroxyl groups excluding tert-OH is 1. The van der Waals surface area contributed by atoms with Crippen LogP contribution in [0.4, 0.5) is 0 Å². The highest BCUT2D eigenvalue weighted by Crippen LogP contribution is 2.25. The molecule has 1 saturated heterocycles. The highest BCUT2D eigenvalue weighted by molar-refractivity contribution is 9.10. The molecule has 3 rings (SSSR count). The topological polar surface area (TPSA) is 66.3 Å². The van der Waals surface area contributed by atoms with E-state index in [9.17, 15) is 9.90 Å². The van der Waals surface area contributed by atoms with Crippen molar-refractivity contribution in [2.75, 3.05) is 13.6 Å². The first-order chi connectivity index (χ1) is 11.6. The maximum absolute atomic E-state index is 12.1. The fourth-order valence-electron chi connectivity index (χ4n) is 3.15. The van der Waals surface area contributed by atoms with E-state index in [1.54, 1.807) is 7.05 Å². The molecule has 2 atom stereocenters. The van der Waals surface area contributed by atoms with Crippen molar-refractivity contribution >= 4 is 57.6 Å². The fourth-order valence-corrected chi connectivity index (χ4v) is 3.51. The molecule has 1 aromatic carbocycles. The van der Waals surface area contributed by atoms with Crippen LogP contribution in [0.15, 0.2) is 41.0 Å². The standard InChI is InChI=1S/C18H22BrN3O2.2ClH/c1-20-18(24)14-11-22(16-7-6-12(19)10-13(14)16)9-3-4-15-17(23)5-2-8-21-15;;/h3-4,6-7,10-11,15,17,21,23H,2,5,8-9H2,1H3,(H,20,24);2*1H/b4-3+;;/t15-,17+;;/m1../s1. The normalized spacial score (nSPS) is 19.8. The van der Waals surface area contributed by atoms with Gasteiger partial charge in [-0.15, -0.1) is 24.8 Å². The molecule has 8 heteroatoms. The summed E-state index contributed by atoms with van der Waals surface area (Å²) in [6.07, 6.45) is 7.47. The van der Waals surface area contributed by atoms with E-state index < -0.39 is 0 Å². The molecule has 26 heavy (non-hydrogen) atoms. The van der Waals surface area contributed by atoms with Gasteiger partial charge in [0.1, 0.15) is 0 Å². The maximum Gasteiger partial charge on any atom is 0.253 e. The lowest BCUT2D eigenvalue weighted by atomic mass is 10.0. The molecule has 0 radical (unpaired) electrons. The van der Waals surface area contributed by atoms with Gasteiger partial charge in [0.2, 0.25) is 0 Å². The molecule has 2 aromatic rings. The predicted molar refractivity (Wildman–Crippen MR) is 114 cm³/mol. The molecule has 0 spiro atoms. The van der Waals surface area contributed by atoms with E-state index in [1.165, 1.54) is 0 Å². The second kappa shape index (κ2) is 10.3. The second-order valence-corrected chi connectivity index (χ2v) is 6.97. The number of allylic oxidation sites excluding steroid dienone is 1. The third kappa shape index (κ3) is 5.02. The van der Waals surface area contributed by atoms with Crippen LogP contribution in [0.1, 0.15) is 23.2 Å². The number of amides is 1. The number of carbonyl (C=O) groups excluding carboxylic acids is 1. The van der Waals surface area contributed by atoms with Gasteiger partial charge in [0.25, 0.3) is 5.91 Å². The predicted octanol–water partition coefficient (Wildman–Crippen LogP) is 3.28. The number of carbonyl (C=O) groups is 1. The molecule has 0 saturated carbocycles. The fraction of sp³-hybridized carbons (Fsp3) is 0.389. The van der Waals surface area contributed by atoms with Gasteiger partial charge in [0.05, 0.1) is 17.7 Å². The quantitative estimate of drug-likeness (QED) is 0.608. The van der Waals surface area contributed by atoms with Crippen molar-refractivity contribution in [2.24, 2.45) is 0 Å². The molecular weight excluding hydrogens is 441 g/mol. The van der Waals surface area contributed by atoms with E-state index >= 15 is 0 Å². The molecule has 0 bridgehead atoms. The van der Waals surface area contributed by atoms with Crippen molar-refractivity contribution in [3.63, 3.8) is 0 Å². The molecule has 1 amide bonds. The Morgan fingerprint density at radius 3 is 2.92 bits per heavy atom. The molecule has 2 heterocycles. The van der Waals surface area contributed by atoms with Crippen molar-refractivity contribution in [3.05, 3.63) is 46.6 Å². The van der Waals surface area contributed by atoms with Crippen LogP contribution in [0.25, 0.3) is 10.9 Å². The Bertz CT molecular complexity index is 779. The van der Waals surface area contributed by atoms with E-state index in [1.807, 2.05) is 36.5 Å². The zero-order chi connectivity index (χ0) is 17.1. The number of benzene rings is 1. The highest BCUT2D eigenvalue weighted by atomic mass is 79.9. The average Bonchev–Trinajstić information content (AvgIpc) is 2.94. The zero-order valence-corrected chi connectivity index (χ0v) is 17.7. The van der Waals surface area contributed by atoms with Crippen LogP contribution in [0.3, 0.4) is 0 Å². The third-order valence-electron chi connectivity index (χ3n) is 4.43. The van der Waals surface area contributed by atoms with Gasteiger partial charge in [0, 0.05) is 35.2 Å². The molecule has 1 aliphatic heterocycles. The van der Waals surface area contributed by atoms with Gasteiger partial charge in [-0.05, 0) is 37.6 Å². The lowest BCUT2D eigenvalue weighted by molar-refractivity contribution is 0.0964. The van der Waals surface area contributed by atoms with E-state index in [4.69, 9.17) is 0 Å². The van der Waals surface area contributed by atoms with Gasteiger partial charge in [-0.3, -0.25) is 4.79 Å². The summed E-state index contributed by atoms with van der Waals surface area (Å²) in [7, 11) is 1.64. The van der Waals surface area contributed by atoms with Gasteiger partial charge >= 0.3 is 0 Å². The molecule has 0 unspecified atom stereocenters. The Morgan fingerprint density at radius 2 is 2.23 bits per heavy atom. The molecule has 3 N–H and O–H groups in total. The summed E-state index contributed by atoms with van der Waals surface area (Å²) in [6, 6.07) is 5.95. The Labute approximate surface area is 174 Å². The van der Waals surface area contributed by atoms with Gasteiger partial charge in [-0.2, -0.15) is 0 Å². The van der Waals surface area contributed by atoms with Crippen molar-refractivity contribution in [1.82, 2.24) is 15.2 Å². The van der Waals surface area contributed by atoms with Crippen LogP contribution < -0.4 is 10.6 Å². The molecular formula is C18H24BrCl2N3O2. The minimum Gasteiger partial charge on any atom is -0.391 e. The first-order valence-corrected chi connectivity index (χ1v) is 8.98. The summed E-state index contributed by atoms with van der Waals surface area (Å²) in [5, 5.41) is 16.9. The first-order valence-electron chi connectivity index (χ1n) is 8.18. The lowest BCUT2D eigenvalue weighted by Gasteiger charge is -2.26. The molecule has 1 aromatic heterocycles.